The van der Waals surface area contributed by atoms with E-state index in [1.165, 1.54) is 61.3 Å². The van der Waals surface area contributed by atoms with Crippen LogP contribution in [0.1, 0.15) is 149 Å². The third kappa shape index (κ3) is 4.06. The van der Waals surface area contributed by atoms with E-state index in [9.17, 15) is 0 Å². The van der Waals surface area contributed by atoms with E-state index in [0.29, 0.717) is 17.8 Å². The first-order valence-corrected chi connectivity index (χ1v) is 16.4. The summed E-state index contributed by atoms with van der Waals surface area (Å²) in [5, 5.41) is 0. The number of fused-ring (bicyclic) bond motifs is 3. The van der Waals surface area contributed by atoms with Crippen LogP contribution in [-0.2, 0) is 5.41 Å². The normalized spacial score (nSPS) is 31.3. The van der Waals surface area contributed by atoms with E-state index in [1.807, 2.05) is 0 Å². The number of benzene rings is 1. The summed E-state index contributed by atoms with van der Waals surface area (Å²) in [6, 6.07) is 2.55. The Balaban J connectivity index is 2.22. The van der Waals surface area contributed by atoms with Gasteiger partial charge in [0.05, 0.1) is 0 Å². The van der Waals surface area contributed by atoms with E-state index in [2.05, 4.69) is 116 Å². The highest BCUT2D eigenvalue weighted by atomic mass is 14.7. The Morgan fingerprint density at radius 1 is 1.05 bits per heavy atom. The van der Waals surface area contributed by atoms with Crippen LogP contribution in [0, 0.1) is 29.1 Å². The molecule has 0 aromatic heterocycles. The van der Waals surface area contributed by atoms with Crippen molar-refractivity contribution in [3.8, 4) is 0 Å². The fourth-order valence-electron chi connectivity index (χ4n) is 10.2. The lowest BCUT2D eigenvalue weighted by Crippen LogP contribution is -2.59. The third-order valence-corrected chi connectivity index (χ3v) is 12.7. The lowest BCUT2D eigenvalue weighted by atomic mass is 9.35. The van der Waals surface area contributed by atoms with Crippen LogP contribution >= 0.6 is 0 Å². The molecular weight excluding hydrogens is 504 g/mol. The predicted molar refractivity (Wildman–Crippen MR) is 187 cm³/mol. The molecule has 3 aliphatic carbocycles. The zero-order valence-corrected chi connectivity index (χ0v) is 29.8. The lowest BCUT2D eigenvalue weighted by Gasteiger charge is -2.68. The quantitative estimate of drug-likeness (QED) is 0.312. The van der Waals surface area contributed by atoms with Crippen molar-refractivity contribution in [3.05, 3.63) is 99.2 Å². The standard InChI is InChI=1S/C42H60/c1-19-25(6)20-34-40(16)22-26(7)35(24(4)5)30(11)42(40,18)31(12)38-28(9)36-27(8)33(39(13,14)15)21-32(23(2)3)37(36)29(10)41(34,38)17/h21,23,29,34H,4,6,9,11,19-20,22H2,1-3,5,7-8,10,12-18H3/t29-,34+,40+,41-,42-/m1/s1. The summed E-state index contributed by atoms with van der Waals surface area (Å²) in [5.74, 6) is 1.18. The summed E-state index contributed by atoms with van der Waals surface area (Å²) in [6.07, 6.45) is 3.10. The van der Waals surface area contributed by atoms with Gasteiger partial charge in [0.1, 0.15) is 0 Å². The third-order valence-electron chi connectivity index (χ3n) is 12.7. The van der Waals surface area contributed by atoms with Gasteiger partial charge in [0, 0.05) is 10.8 Å². The van der Waals surface area contributed by atoms with Crippen LogP contribution in [0.5, 0.6) is 0 Å². The molecule has 0 fully saturated rings. The van der Waals surface area contributed by atoms with E-state index in [0.717, 1.165) is 24.8 Å². The first-order valence-electron chi connectivity index (χ1n) is 16.4. The molecule has 0 heterocycles. The van der Waals surface area contributed by atoms with Gasteiger partial charge in [-0.3, -0.25) is 0 Å². The highest BCUT2D eigenvalue weighted by Gasteiger charge is 2.66. The Labute approximate surface area is 259 Å². The summed E-state index contributed by atoms with van der Waals surface area (Å²) >= 11 is 0. The van der Waals surface area contributed by atoms with Crippen LogP contribution in [0.2, 0.25) is 0 Å². The lowest BCUT2D eigenvalue weighted by molar-refractivity contribution is -0.0372. The number of hydrogen-bond donors (Lipinski definition) is 0. The van der Waals surface area contributed by atoms with Gasteiger partial charge in [0.25, 0.3) is 0 Å². The summed E-state index contributed by atoms with van der Waals surface area (Å²) in [6.45, 7) is 52.6. The molecule has 0 unspecified atom stereocenters. The average Bonchev–Trinajstić information content (AvgIpc) is 2.86. The summed E-state index contributed by atoms with van der Waals surface area (Å²) < 4.78 is 0. The molecule has 1 aromatic carbocycles. The molecule has 0 aliphatic heterocycles. The van der Waals surface area contributed by atoms with Gasteiger partial charge in [0.2, 0.25) is 0 Å². The Morgan fingerprint density at radius 3 is 2.10 bits per heavy atom. The smallest absolute Gasteiger partial charge is 0.0197 e. The fourth-order valence-corrected chi connectivity index (χ4v) is 10.2. The molecular formula is C42H60. The molecule has 0 radical (unpaired) electrons. The first-order chi connectivity index (χ1) is 19.1. The molecule has 5 atom stereocenters. The largest absolute Gasteiger partial charge is 0.0999 e. The first kappa shape index (κ1) is 32.6. The van der Waals surface area contributed by atoms with Crippen molar-refractivity contribution in [2.75, 3.05) is 0 Å². The maximum Gasteiger partial charge on any atom is 0.0197 e. The molecule has 4 rings (SSSR count). The maximum atomic E-state index is 5.03. The molecule has 1 aromatic rings. The van der Waals surface area contributed by atoms with Crippen LogP contribution < -0.4 is 0 Å². The molecule has 3 aliphatic rings. The molecule has 228 valence electrons. The van der Waals surface area contributed by atoms with Crippen molar-refractivity contribution in [2.45, 2.75) is 133 Å². The molecule has 0 saturated carbocycles. The van der Waals surface area contributed by atoms with E-state index in [1.54, 1.807) is 5.56 Å². The number of hydrogen-bond acceptors (Lipinski definition) is 0. The van der Waals surface area contributed by atoms with Gasteiger partial charge in [0.15, 0.2) is 0 Å². The highest BCUT2D eigenvalue weighted by molar-refractivity contribution is 5.89. The van der Waals surface area contributed by atoms with Gasteiger partial charge in [-0.15, -0.1) is 0 Å². The summed E-state index contributed by atoms with van der Waals surface area (Å²) in [4.78, 5) is 0. The van der Waals surface area contributed by atoms with Crippen LogP contribution in [-0.4, -0.2) is 0 Å². The zero-order chi connectivity index (χ0) is 32.1. The SMILES string of the molecule is C=C(CC)C[C@@H]1[C@]2(C)C(=C(C)[C@@]3(C)C(=C)C(C(=C)C)=C(C)C[C@@]13C)C(=C)c1c(C)c(C(C)(C)C)cc(C(C)C)c1[C@H]2C. The van der Waals surface area contributed by atoms with Crippen LogP contribution in [0.15, 0.2) is 71.4 Å². The second-order valence-electron chi connectivity index (χ2n) is 16.3. The van der Waals surface area contributed by atoms with Gasteiger partial charge >= 0.3 is 0 Å². The topological polar surface area (TPSA) is 0 Å². The molecule has 0 heteroatoms. The molecule has 0 N–H and O–H groups in total. The molecule has 0 nitrogen and oxygen atoms in total. The minimum Gasteiger partial charge on any atom is -0.0999 e. The van der Waals surface area contributed by atoms with E-state index >= 15 is 0 Å². The van der Waals surface area contributed by atoms with Crippen molar-refractivity contribution < 1.29 is 0 Å². The van der Waals surface area contributed by atoms with Gasteiger partial charge in [-0.2, -0.15) is 0 Å². The Morgan fingerprint density at radius 2 is 1.62 bits per heavy atom. The Hall–Kier alpha value is -2.34. The Kier molecular flexibility index (Phi) is 7.84. The van der Waals surface area contributed by atoms with Crippen LogP contribution in [0.3, 0.4) is 0 Å². The molecule has 0 saturated heterocycles. The van der Waals surface area contributed by atoms with Gasteiger partial charge in [-0.25, -0.2) is 0 Å². The number of rotatable bonds is 5. The highest BCUT2D eigenvalue weighted by Crippen LogP contribution is 2.75. The van der Waals surface area contributed by atoms with Crippen molar-refractivity contribution in [3.63, 3.8) is 0 Å². The van der Waals surface area contributed by atoms with Gasteiger partial charge in [-0.1, -0.05) is 124 Å². The average molecular weight is 565 g/mol. The minimum atomic E-state index is -0.203. The van der Waals surface area contributed by atoms with E-state index in [4.69, 9.17) is 13.2 Å². The van der Waals surface area contributed by atoms with Crippen LogP contribution in [0.25, 0.3) is 5.57 Å². The van der Waals surface area contributed by atoms with Gasteiger partial charge < -0.3 is 0 Å². The minimum absolute atomic E-state index is 0.0159. The Bertz CT molecular complexity index is 1470. The summed E-state index contributed by atoms with van der Waals surface area (Å²) in [7, 11) is 0. The number of allylic oxidation sites excluding steroid dienone is 8. The fraction of sp³-hybridized carbons (Fsp3) is 0.571. The second kappa shape index (κ2) is 10.1. The molecule has 42 heavy (non-hydrogen) atoms. The predicted octanol–water partition coefficient (Wildman–Crippen LogP) is 12.7. The van der Waals surface area contributed by atoms with Crippen molar-refractivity contribution in [2.24, 2.45) is 22.2 Å². The monoisotopic (exact) mass is 564 g/mol. The van der Waals surface area contributed by atoms with Crippen molar-refractivity contribution in [1.29, 1.82) is 0 Å². The van der Waals surface area contributed by atoms with E-state index < -0.39 is 0 Å². The maximum absolute atomic E-state index is 5.03. The zero-order valence-electron chi connectivity index (χ0n) is 29.8. The summed E-state index contributed by atoms with van der Waals surface area (Å²) in [5.41, 5.74) is 17.8. The molecule has 0 spiro atoms. The van der Waals surface area contributed by atoms with Gasteiger partial charge in [-0.05, 0) is 126 Å². The molecule has 0 bridgehead atoms. The van der Waals surface area contributed by atoms with Crippen molar-refractivity contribution >= 4 is 5.57 Å². The van der Waals surface area contributed by atoms with Crippen molar-refractivity contribution in [1.82, 2.24) is 0 Å². The van der Waals surface area contributed by atoms with Crippen LogP contribution in [0.4, 0.5) is 0 Å². The van der Waals surface area contributed by atoms with E-state index in [-0.39, 0.29) is 21.7 Å². The second-order valence-corrected chi connectivity index (χ2v) is 16.3. The molecule has 0 amide bonds.